The van der Waals surface area contributed by atoms with E-state index in [2.05, 4.69) is 4.74 Å². The topological polar surface area (TPSA) is 93.2 Å². The van der Waals surface area contributed by atoms with E-state index in [9.17, 15) is 18.0 Å². The van der Waals surface area contributed by atoms with Gasteiger partial charge in [-0.1, -0.05) is 12.1 Å². The third-order valence-electron chi connectivity index (χ3n) is 4.25. The van der Waals surface area contributed by atoms with Crippen LogP contribution in [-0.4, -0.2) is 41.7 Å². The molecular weight excluding hydrogens is 372 g/mol. The van der Waals surface area contributed by atoms with E-state index in [0.29, 0.717) is 11.3 Å². The number of fused-ring (bicyclic) bond motifs is 1. The van der Waals surface area contributed by atoms with Crippen LogP contribution in [0.5, 0.6) is 5.75 Å². The van der Waals surface area contributed by atoms with Crippen LogP contribution in [0.4, 0.5) is 16.2 Å². The maximum absolute atomic E-state index is 13.0. The van der Waals surface area contributed by atoms with E-state index in [1.807, 2.05) is 0 Å². The summed E-state index contributed by atoms with van der Waals surface area (Å²) in [5.74, 6) is 0.0382. The minimum atomic E-state index is -4.09. The van der Waals surface area contributed by atoms with Gasteiger partial charge in [0.2, 0.25) is 0 Å². The Morgan fingerprint density at radius 1 is 1.07 bits per heavy atom. The molecule has 0 saturated heterocycles. The summed E-state index contributed by atoms with van der Waals surface area (Å²) in [7, 11) is 0.156. The number of nitrogens with zero attached hydrogens (tertiary/aromatic N) is 2. The fourth-order valence-electron chi connectivity index (χ4n) is 2.78. The van der Waals surface area contributed by atoms with E-state index < -0.39 is 22.0 Å². The van der Waals surface area contributed by atoms with E-state index in [1.54, 1.807) is 12.1 Å². The number of carbonyl (C=O) groups excluding carboxylic acids is 2. The SMILES string of the molecule is COC(=O)Cc1ccc(N2C(=O)N(C)c3cc(OC)ccc3S2(=O)=O)cc1. The molecule has 0 aromatic heterocycles. The molecule has 0 unspecified atom stereocenters. The molecule has 0 bridgehead atoms. The monoisotopic (exact) mass is 390 g/mol. The van der Waals surface area contributed by atoms with Gasteiger partial charge in [-0.15, -0.1) is 0 Å². The van der Waals surface area contributed by atoms with Crippen LogP contribution in [0.15, 0.2) is 47.4 Å². The quantitative estimate of drug-likeness (QED) is 0.743. The molecule has 2 aromatic rings. The number of amides is 2. The molecule has 2 amide bonds. The van der Waals surface area contributed by atoms with Crippen molar-refractivity contribution in [2.24, 2.45) is 0 Å². The number of benzene rings is 2. The van der Waals surface area contributed by atoms with Crippen molar-refractivity contribution >= 4 is 33.4 Å². The van der Waals surface area contributed by atoms with Gasteiger partial charge in [0, 0.05) is 13.1 Å². The molecule has 0 saturated carbocycles. The first-order chi connectivity index (χ1) is 12.8. The van der Waals surface area contributed by atoms with E-state index in [-0.39, 0.29) is 22.7 Å². The van der Waals surface area contributed by atoms with E-state index in [1.165, 1.54) is 56.5 Å². The van der Waals surface area contributed by atoms with E-state index in [0.717, 1.165) is 4.31 Å². The number of anilines is 2. The predicted molar refractivity (Wildman–Crippen MR) is 98.6 cm³/mol. The molecule has 9 heteroatoms. The van der Waals surface area contributed by atoms with Gasteiger partial charge in [0.15, 0.2) is 0 Å². The van der Waals surface area contributed by atoms with Crippen LogP contribution in [0.3, 0.4) is 0 Å². The maximum Gasteiger partial charge on any atom is 0.342 e. The van der Waals surface area contributed by atoms with Crippen molar-refractivity contribution in [2.75, 3.05) is 30.5 Å². The lowest BCUT2D eigenvalue weighted by atomic mass is 10.1. The molecule has 3 rings (SSSR count). The molecular formula is C18H18N2O6S. The fraction of sp³-hybridized carbons (Fsp3) is 0.222. The average Bonchev–Trinajstić information content (AvgIpc) is 2.67. The van der Waals surface area contributed by atoms with Crippen molar-refractivity contribution < 1.29 is 27.5 Å². The van der Waals surface area contributed by atoms with Gasteiger partial charge < -0.3 is 9.47 Å². The van der Waals surface area contributed by atoms with Crippen LogP contribution in [0.1, 0.15) is 5.56 Å². The summed E-state index contributed by atoms with van der Waals surface area (Å²) < 4.78 is 36.5. The van der Waals surface area contributed by atoms with Crippen LogP contribution in [0, 0.1) is 0 Å². The smallest absolute Gasteiger partial charge is 0.342 e. The van der Waals surface area contributed by atoms with Crippen molar-refractivity contribution in [3.05, 3.63) is 48.0 Å². The van der Waals surface area contributed by atoms with Crippen molar-refractivity contribution in [2.45, 2.75) is 11.3 Å². The Morgan fingerprint density at radius 3 is 2.33 bits per heavy atom. The molecule has 0 N–H and O–H groups in total. The Kier molecular flexibility index (Phi) is 4.79. The first kappa shape index (κ1) is 18.7. The van der Waals surface area contributed by atoms with Crippen molar-refractivity contribution in [3.8, 4) is 5.75 Å². The van der Waals surface area contributed by atoms with Crippen molar-refractivity contribution in [3.63, 3.8) is 0 Å². The van der Waals surface area contributed by atoms with Crippen LogP contribution in [0.25, 0.3) is 0 Å². The van der Waals surface area contributed by atoms with Gasteiger partial charge in [-0.25, -0.2) is 13.2 Å². The molecule has 8 nitrogen and oxygen atoms in total. The Bertz CT molecular complexity index is 1000. The van der Waals surface area contributed by atoms with Crippen LogP contribution < -0.4 is 13.9 Å². The highest BCUT2D eigenvalue weighted by Gasteiger charge is 2.41. The molecule has 0 aliphatic carbocycles. The molecule has 1 heterocycles. The minimum Gasteiger partial charge on any atom is -0.497 e. The lowest BCUT2D eigenvalue weighted by Crippen LogP contribution is -2.49. The first-order valence-corrected chi connectivity index (χ1v) is 9.40. The summed E-state index contributed by atoms with van der Waals surface area (Å²) in [6.07, 6.45) is 0.0556. The summed E-state index contributed by atoms with van der Waals surface area (Å²) in [5, 5.41) is 0. The summed E-state index contributed by atoms with van der Waals surface area (Å²) in [5.41, 5.74) is 1.07. The number of sulfonamides is 1. The molecule has 0 radical (unpaired) electrons. The first-order valence-electron chi connectivity index (χ1n) is 7.96. The summed E-state index contributed by atoms with van der Waals surface area (Å²) in [6, 6.07) is 9.85. The van der Waals surface area contributed by atoms with Crippen LogP contribution in [-0.2, 0) is 26.0 Å². The van der Waals surface area contributed by atoms with E-state index in [4.69, 9.17) is 4.74 Å². The van der Waals surface area contributed by atoms with Gasteiger partial charge in [-0.3, -0.25) is 9.69 Å². The summed E-state index contributed by atoms with van der Waals surface area (Å²) in [6.45, 7) is 0. The largest absolute Gasteiger partial charge is 0.497 e. The highest BCUT2D eigenvalue weighted by Crippen LogP contribution is 2.38. The fourth-order valence-corrected chi connectivity index (χ4v) is 4.41. The van der Waals surface area contributed by atoms with Gasteiger partial charge in [-0.05, 0) is 29.8 Å². The Morgan fingerprint density at radius 2 is 1.74 bits per heavy atom. The molecule has 2 aromatic carbocycles. The normalized spacial score (nSPS) is 15.3. The van der Waals surface area contributed by atoms with Gasteiger partial charge in [0.25, 0.3) is 10.0 Å². The zero-order chi connectivity index (χ0) is 19.8. The van der Waals surface area contributed by atoms with Crippen LogP contribution in [0.2, 0.25) is 0 Å². The number of hydrogen-bond donors (Lipinski definition) is 0. The van der Waals surface area contributed by atoms with Gasteiger partial charge in [-0.2, -0.15) is 4.31 Å². The second-order valence-electron chi connectivity index (χ2n) is 5.86. The number of carbonyl (C=O) groups is 2. The lowest BCUT2D eigenvalue weighted by molar-refractivity contribution is -0.139. The van der Waals surface area contributed by atoms with Gasteiger partial charge >= 0.3 is 12.0 Å². The van der Waals surface area contributed by atoms with Crippen molar-refractivity contribution in [1.29, 1.82) is 0 Å². The van der Waals surface area contributed by atoms with E-state index >= 15 is 0 Å². The third-order valence-corrected chi connectivity index (χ3v) is 6.00. The second kappa shape index (κ2) is 6.92. The second-order valence-corrected chi connectivity index (χ2v) is 7.62. The Balaban J connectivity index is 2.03. The number of urea groups is 1. The average molecular weight is 390 g/mol. The molecule has 0 atom stereocenters. The van der Waals surface area contributed by atoms with Crippen molar-refractivity contribution in [1.82, 2.24) is 0 Å². The molecule has 0 spiro atoms. The Hall–Kier alpha value is -3.07. The van der Waals surface area contributed by atoms with Gasteiger partial charge in [0.1, 0.15) is 10.6 Å². The minimum absolute atomic E-state index is 0.00374. The molecule has 142 valence electrons. The molecule has 1 aliphatic rings. The highest BCUT2D eigenvalue weighted by atomic mass is 32.2. The third kappa shape index (κ3) is 3.21. The predicted octanol–water partition coefficient (Wildman–Crippen LogP) is 2.18. The zero-order valence-electron chi connectivity index (χ0n) is 15.0. The number of esters is 1. The number of methoxy groups -OCH3 is 2. The highest BCUT2D eigenvalue weighted by molar-refractivity contribution is 7.94. The maximum atomic E-state index is 13.0. The number of ether oxygens (including phenoxy) is 2. The number of rotatable bonds is 4. The lowest BCUT2D eigenvalue weighted by Gasteiger charge is -2.34. The van der Waals surface area contributed by atoms with Crippen LogP contribution >= 0.6 is 0 Å². The zero-order valence-corrected chi connectivity index (χ0v) is 15.8. The molecule has 1 aliphatic heterocycles. The summed E-state index contributed by atoms with van der Waals surface area (Å²) in [4.78, 5) is 25.4. The van der Waals surface area contributed by atoms with Gasteiger partial charge in [0.05, 0.1) is 32.0 Å². The standard InChI is InChI=1S/C18H18N2O6S/c1-19-15-11-14(25-2)8-9-16(15)27(23,24)20(18(19)22)13-6-4-12(5-7-13)10-17(21)26-3/h4-9,11H,10H2,1-3H3. The molecule has 0 fully saturated rings. The summed E-state index contributed by atoms with van der Waals surface area (Å²) >= 11 is 0. The molecule has 27 heavy (non-hydrogen) atoms. The Labute approximate surface area is 157 Å². The number of hydrogen-bond acceptors (Lipinski definition) is 6.